The van der Waals surface area contributed by atoms with Gasteiger partial charge >= 0.3 is 0 Å². The van der Waals surface area contributed by atoms with Crippen molar-refractivity contribution in [2.75, 3.05) is 38.1 Å². The molecule has 0 atom stereocenters. The molecule has 0 unspecified atom stereocenters. The van der Waals surface area contributed by atoms with Crippen LogP contribution < -0.4 is 5.32 Å². The smallest absolute Gasteiger partial charge is 0.0558 e. The average molecular weight is 267 g/mol. The van der Waals surface area contributed by atoms with Gasteiger partial charge in [0.2, 0.25) is 0 Å². The Morgan fingerprint density at radius 3 is 2.83 bits per heavy atom. The van der Waals surface area contributed by atoms with E-state index in [4.69, 9.17) is 16.7 Å². The van der Waals surface area contributed by atoms with Gasteiger partial charge in [-0.3, -0.25) is 0 Å². The summed E-state index contributed by atoms with van der Waals surface area (Å²) >= 11 is 6.13. The second-order valence-corrected chi connectivity index (χ2v) is 5.83. The maximum Gasteiger partial charge on any atom is 0.0558 e. The molecule has 0 saturated carbocycles. The van der Waals surface area contributed by atoms with Gasteiger partial charge in [-0.25, -0.2) is 0 Å². The number of fused-ring (bicyclic) bond motifs is 2. The van der Waals surface area contributed by atoms with Crippen LogP contribution in [0.1, 0.15) is 18.4 Å². The molecule has 3 rings (SSSR count). The highest BCUT2D eigenvalue weighted by atomic mass is 35.5. The molecule has 1 aromatic rings. The first-order valence-corrected chi connectivity index (χ1v) is 6.98. The molecule has 1 saturated heterocycles. The second-order valence-electron chi connectivity index (χ2n) is 5.39. The number of β-amino-alcohol motifs (C(OH)–C–C–N with tert-alkyl or cyclic N) is 1. The number of nitrogens with zero attached hydrogens (tertiary/aromatic N) is 1. The molecule has 2 aliphatic rings. The van der Waals surface area contributed by atoms with Crippen molar-refractivity contribution >= 4 is 17.3 Å². The molecule has 3 nitrogen and oxygen atoms in total. The first-order valence-electron chi connectivity index (χ1n) is 6.61. The Morgan fingerprint density at radius 2 is 2.11 bits per heavy atom. The predicted molar refractivity (Wildman–Crippen MR) is 74.4 cm³/mol. The van der Waals surface area contributed by atoms with E-state index in [0.29, 0.717) is 0 Å². The number of hydrogen-bond acceptors (Lipinski definition) is 3. The molecular weight excluding hydrogens is 248 g/mol. The number of aliphatic hydroxyl groups is 1. The summed E-state index contributed by atoms with van der Waals surface area (Å²) < 4.78 is 0. The van der Waals surface area contributed by atoms with E-state index in [1.54, 1.807) is 0 Å². The summed E-state index contributed by atoms with van der Waals surface area (Å²) in [4.78, 5) is 2.34. The fourth-order valence-electron chi connectivity index (χ4n) is 3.26. The minimum absolute atomic E-state index is 0.256. The molecule has 0 amide bonds. The van der Waals surface area contributed by atoms with E-state index < -0.39 is 0 Å². The Labute approximate surface area is 113 Å². The standard InChI is InChI=1S/C14H19ClN2O/c15-11-1-2-13-12(9-11)14(10-16-13)3-5-17(6-4-14)7-8-18/h1-2,9,16,18H,3-8,10H2. The van der Waals surface area contributed by atoms with Crippen molar-refractivity contribution < 1.29 is 5.11 Å². The fourth-order valence-corrected chi connectivity index (χ4v) is 3.43. The quantitative estimate of drug-likeness (QED) is 0.861. The van der Waals surface area contributed by atoms with Crippen LogP contribution in [0, 0.1) is 0 Å². The number of piperidine rings is 1. The lowest BCUT2D eigenvalue weighted by Crippen LogP contribution is -2.44. The molecule has 4 heteroatoms. The number of nitrogens with one attached hydrogen (secondary N) is 1. The first-order chi connectivity index (χ1) is 8.73. The molecule has 2 N–H and O–H groups in total. The van der Waals surface area contributed by atoms with Crippen LogP contribution in [0.15, 0.2) is 18.2 Å². The van der Waals surface area contributed by atoms with E-state index in [1.807, 2.05) is 6.07 Å². The van der Waals surface area contributed by atoms with Crippen LogP contribution >= 0.6 is 11.6 Å². The number of anilines is 1. The SMILES string of the molecule is OCCN1CCC2(CC1)CNc1ccc(Cl)cc12. The van der Waals surface area contributed by atoms with Gasteiger partial charge in [-0.05, 0) is 49.7 Å². The zero-order valence-electron chi connectivity index (χ0n) is 10.5. The lowest BCUT2D eigenvalue weighted by atomic mass is 9.74. The van der Waals surface area contributed by atoms with Crippen molar-refractivity contribution in [1.29, 1.82) is 0 Å². The second kappa shape index (κ2) is 4.72. The van der Waals surface area contributed by atoms with Gasteiger partial charge in [-0.15, -0.1) is 0 Å². The highest BCUT2D eigenvalue weighted by Crippen LogP contribution is 2.44. The van der Waals surface area contributed by atoms with E-state index in [2.05, 4.69) is 22.3 Å². The van der Waals surface area contributed by atoms with Crippen molar-refractivity contribution in [1.82, 2.24) is 4.90 Å². The number of benzene rings is 1. The Morgan fingerprint density at radius 1 is 1.33 bits per heavy atom. The van der Waals surface area contributed by atoms with E-state index in [0.717, 1.165) is 44.0 Å². The molecule has 1 aromatic carbocycles. The van der Waals surface area contributed by atoms with Crippen LogP contribution in [0.25, 0.3) is 0 Å². The molecule has 98 valence electrons. The largest absolute Gasteiger partial charge is 0.395 e. The minimum atomic E-state index is 0.256. The number of hydrogen-bond donors (Lipinski definition) is 2. The normalized spacial score (nSPS) is 21.9. The van der Waals surface area contributed by atoms with Crippen molar-refractivity contribution in [3.63, 3.8) is 0 Å². The summed E-state index contributed by atoms with van der Waals surface area (Å²) in [5.41, 5.74) is 2.89. The van der Waals surface area contributed by atoms with Gasteiger partial charge in [0.25, 0.3) is 0 Å². The molecule has 0 aromatic heterocycles. The minimum Gasteiger partial charge on any atom is -0.395 e. The van der Waals surface area contributed by atoms with E-state index >= 15 is 0 Å². The van der Waals surface area contributed by atoms with Gasteiger partial charge in [0.15, 0.2) is 0 Å². The molecule has 0 aliphatic carbocycles. The fraction of sp³-hybridized carbons (Fsp3) is 0.571. The molecule has 0 radical (unpaired) electrons. The predicted octanol–water partition coefficient (Wildman–Crippen LogP) is 2.09. The maximum absolute atomic E-state index is 9.00. The summed E-state index contributed by atoms with van der Waals surface area (Å²) in [5.74, 6) is 0. The average Bonchev–Trinajstić information content (AvgIpc) is 2.72. The van der Waals surface area contributed by atoms with Gasteiger partial charge in [-0.2, -0.15) is 0 Å². The number of rotatable bonds is 2. The maximum atomic E-state index is 9.00. The number of halogens is 1. The van der Waals surface area contributed by atoms with Crippen molar-refractivity contribution in [2.45, 2.75) is 18.3 Å². The summed E-state index contributed by atoms with van der Waals surface area (Å²) in [5, 5.41) is 13.3. The highest BCUT2D eigenvalue weighted by molar-refractivity contribution is 6.30. The third kappa shape index (κ3) is 2.00. The van der Waals surface area contributed by atoms with Gasteiger partial charge in [-0.1, -0.05) is 11.6 Å². The number of aliphatic hydroxyl groups excluding tert-OH is 1. The Bertz CT molecular complexity index is 441. The third-order valence-electron chi connectivity index (χ3n) is 4.40. The third-order valence-corrected chi connectivity index (χ3v) is 4.63. The Kier molecular flexibility index (Phi) is 3.22. The first kappa shape index (κ1) is 12.3. The van der Waals surface area contributed by atoms with E-state index in [9.17, 15) is 0 Å². The molecule has 1 spiro atoms. The van der Waals surface area contributed by atoms with Gasteiger partial charge in [0.1, 0.15) is 0 Å². The van der Waals surface area contributed by atoms with Crippen LogP contribution in [0.4, 0.5) is 5.69 Å². The lowest BCUT2D eigenvalue weighted by Gasteiger charge is -2.39. The zero-order valence-corrected chi connectivity index (χ0v) is 11.2. The Hall–Kier alpha value is -0.770. The van der Waals surface area contributed by atoms with Crippen LogP contribution in [0.2, 0.25) is 5.02 Å². The van der Waals surface area contributed by atoms with Crippen LogP contribution in [-0.2, 0) is 5.41 Å². The molecule has 0 bridgehead atoms. The molecule has 2 aliphatic heterocycles. The highest BCUT2D eigenvalue weighted by Gasteiger charge is 2.41. The number of likely N-dealkylation sites (tertiary alicyclic amines) is 1. The molecule has 2 heterocycles. The van der Waals surface area contributed by atoms with Crippen molar-refractivity contribution in [3.8, 4) is 0 Å². The van der Waals surface area contributed by atoms with Gasteiger partial charge in [0.05, 0.1) is 6.61 Å². The van der Waals surface area contributed by atoms with Crippen molar-refractivity contribution in [3.05, 3.63) is 28.8 Å². The van der Waals surface area contributed by atoms with Gasteiger partial charge < -0.3 is 15.3 Å². The molecule has 1 fully saturated rings. The van der Waals surface area contributed by atoms with Crippen molar-refractivity contribution in [2.24, 2.45) is 0 Å². The summed E-state index contributed by atoms with van der Waals surface area (Å²) in [7, 11) is 0. The zero-order chi connectivity index (χ0) is 12.6. The Balaban J connectivity index is 1.81. The van der Waals surface area contributed by atoms with Crippen LogP contribution in [-0.4, -0.2) is 42.8 Å². The van der Waals surface area contributed by atoms with Crippen LogP contribution in [0.3, 0.4) is 0 Å². The topological polar surface area (TPSA) is 35.5 Å². The summed E-state index contributed by atoms with van der Waals surface area (Å²) in [6, 6.07) is 6.17. The van der Waals surface area contributed by atoms with Gasteiger partial charge in [0, 0.05) is 29.2 Å². The monoisotopic (exact) mass is 266 g/mol. The molecular formula is C14H19ClN2O. The molecule has 18 heavy (non-hydrogen) atoms. The van der Waals surface area contributed by atoms with E-state index in [-0.39, 0.29) is 12.0 Å². The summed E-state index contributed by atoms with van der Waals surface area (Å²) in [6.07, 6.45) is 2.29. The van der Waals surface area contributed by atoms with Crippen LogP contribution in [0.5, 0.6) is 0 Å². The lowest BCUT2D eigenvalue weighted by molar-refractivity contribution is 0.137. The summed E-state index contributed by atoms with van der Waals surface area (Å²) in [6.45, 7) is 4.21. The van der Waals surface area contributed by atoms with E-state index in [1.165, 1.54) is 11.3 Å².